The summed E-state index contributed by atoms with van der Waals surface area (Å²) in [5.41, 5.74) is 1.31. The Morgan fingerprint density at radius 1 is 1.35 bits per heavy atom. The zero-order chi connectivity index (χ0) is 22.4. The van der Waals surface area contributed by atoms with Gasteiger partial charge >= 0.3 is 17.3 Å². The molecule has 0 aromatic heterocycles. The fraction of sp³-hybridized carbons (Fsp3) is 0.727. The monoisotopic (exact) mass is 453 g/mol. The number of rotatable bonds is 4. The van der Waals surface area contributed by atoms with Crippen molar-refractivity contribution in [2.75, 3.05) is 19.8 Å². The maximum atomic E-state index is 12.3. The molecule has 2 aliphatic heterocycles. The van der Waals surface area contributed by atoms with E-state index in [0.717, 1.165) is 25.7 Å². The topological polar surface area (TPSA) is 111 Å². The van der Waals surface area contributed by atoms with Gasteiger partial charge in [0, 0.05) is 5.41 Å². The molecule has 31 heavy (non-hydrogen) atoms. The van der Waals surface area contributed by atoms with Gasteiger partial charge in [-0.3, -0.25) is 13.2 Å². The summed E-state index contributed by atoms with van der Waals surface area (Å²) in [6.45, 7) is 8.67. The van der Waals surface area contributed by atoms with Crippen molar-refractivity contribution in [3.63, 3.8) is 0 Å². The number of ether oxygens (including phenoxy) is 1. The minimum Gasteiger partial charge on any atom is -0.460 e. The second-order valence-corrected chi connectivity index (χ2v) is 10.5. The fourth-order valence-electron chi connectivity index (χ4n) is 6.36. The molecule has 0 radical (unpaired) electrons. The first-order chi connectivity index (χ1) is 14.7. The largest absolute Gasteiger partial charge is 0.460 e. The third kappa shape index (κ3) is 3.90. The molecule has 2 saturated heterocycles. The summed E-state index contributed by atoms with van der Waals surface area (Å²) < 4.78 is 28.0. The normalized spacial score (nSPS) is 43.8. The second kappa shape index (κ2) is 8.42. The van der Waals surface area contributed by atoms with E-state index in [0.29, 0.717) is 24.5 Å². The van der Waals surface area contributed by atoms with E-state index in [1.165, 1.54) is 5.57 Å². The molecule has 1 amide bonds. The predicted molar refractivity (Wildman–Crippen MR) is 112 cm³/mol. The summed E-state index contributed by atoms with van der Waals surface area (Å²) in [6, 6.07) is -0.545. The van der Waals surface area contributed by atoms with Gasteiger partial charge in [0.1, 0.15) is 13.2 Å². The average Bonchev–Trinajstić information content (AvgIpc) is 3.07. The highest BCUT2D eigenvalue weighted by Crippen LogP contribution is 2.63. The van der Waals surface area contributed by atoms with Gasteiger partial charge in [0.15, 0.2) is 0 Å². The number of aliphatic hydroxyl groups excluding tert-OH is 1. The number of esters is 1. The molecule has 4 rings (SSSR count). The van der Waals surface area contributed by atoms with E-state index < -0.39 is 35.9 Å². The van der Waals surface area contributed by atoms with Crippen LogP contribution in [-0.4, -0.2) is 53.2 Å². The van der Waals surface area contributed by atoms with Gasteiger partial charge in [-0.1, -0.05) is 32.1 Å². The quantitative estimate of drug-likeness (QED) is 0.379. The summed E-state index contributed by atoms with van der Waals surface area (Å²) in [5, 5.41) is 11.6. The Hall–Kier alpha value is -1.55. The van der Waals surface area contributed by atoms with Crippen LogP contribution >= 0.6 is 0 Å². The number of nitrogens with one attached hydrogen (secondary N) is 1. The minimum atomic E-state index is -1.68. The van der Waals surface area contributed by atoms with Crippen molar-refractivity contribution in [2.45, 2.75) is 58.1 Å². The number of fused-ring (bicyclic) bond motifs is 3. The van der Waals surface area contributed by atoms with Crippen LogP contribution in [0.2, 0.25) is 0 Å². The average molecular weight is 454 g/mol. The van der Waals surface area contributed by atoms with Gasteiger partial charge in [0.2, 0.25) is 5.91 Å². The fourth-order valence-corrected chi connectivity index (χ4v) is 7.27. The first-order valence-corrected chi connectivity index (χ1v) is 11.9. The van der Waals surface area contributed by atoms with Crippen molar-refractivity contribution >= 4 is 23.2 Å². The van der Waals surface area contributed by atoms with E-state index >= 15 is 0 Å². The summed E-state index contributed by atoms with van der Waals surface area (Å²) in [4.78, 5) is 23.8. The first kappa shape index (κ1) is 22.6. The summed E-state index contributed by atoms with van der Waals surface area (Å²) in [6.07, 6.45) is 5.98. The number of allylic oxidation sites excluding steroid dienone is 2. The molecule has 0 bridgehead atoms. The highest BCUT2D eigenvalue weighted by Gasteiger charge is 2.60. The Morgan fingerprint density at radius 2 is 2.13 bits per heavy atom. The van der Waals surface area contributed by atoms with Crippen molar-refractivity contribution in [3.05, 3.63) is 23.8 Å². The number of carbonyl (C=O) groups excluding carboxylic acids is 2. The lowest BCUT2D eigenvalue weighted by molar-refractivity contribution is -0.154. The minimum absolute atomic E-state index is 0.0600. The number of hydrogen-bond acceptors (Lipinski definition) is 7. The lowest BCUT2D eigenvalue weighted by Gasteiger charge is -2.61. The third-order valence-corrected chi connectivity index (χ3v) is 8.72. The van der Waals surface area contributed by atoms with Crippen LogP contribution in [0.15, 0.2) is 23.8 Å². The van der Waals surface area contributed by atoms with Gasteiger partial charge in [-0.25, -0.2) is 4.79 Å². The van der Waals surface area contributed by atoms with Crippen molar-refractivity contribution in [1.29, 1.82) is 0 Å². The second-order valence-electron chi connectivity index (χ2n) is 9.68. The van der Waals surface area contributed by atoms with Crippen molar-refractivity contribution in [2.24, 2.45) is 22.7 Å². The van der Waals surface area contributed by atoms with Crippen LogP contribution in [0, 0.1) is 22.7 Å². The lowest BCUT2D eigenvalue weighted by Crippen LogP contribution is -2.60. The van der Waals surface area contributed by atoms with Crippen LogP contribution in [0.5, 0.6) is 0 Å². The van der Waals surface area contributed by atoms with E-state index in [1.54, 1.807) is 0 Å². The van der Waals surface area contributed by atoms with Gasteiger partial charge in [-0.15, -0.1) is 0 Å². The molecule has 0 aromatic carbocycles. The molecule has 172 valence electrons. The summed E-state index contributed by atoms with van der Waals surface area (Å²) >= 11 is -1.68. The van der Waals surface area contributed by atoms with Crippen LogP contribution < -0.4 is 5.32 Å². The summed E-state index contributed by atoms with van der Waals surface area (Å²) in [7, 11) is 0. The molecule has 2 heterocycles. The maximum Gasteiger partial charge on any atom is 0.336 e. The van der Waals surface area contributed by atoms with E-state index in [-0.39, 0.29) is 29.5 Å². The maximum absolute atomic E-state index is 12.3. The lowest BCUT2D eigenvalue weighted by atomic mass is 9.46. The Morgan fingerprint density at radius 3 is 2.87 bits per heavy atom. The number of carbonyl (C=O) groups is 2. The molecule has 2 N–H and O–H groups in total. The molecular formula is C22H31NO7S. The summed E-state index contributed by atoms with van der Waals surface area (Å²) in [5.74, 6) is -0.500. The molecular weight excluding hydrogens is 422 g/mol. The molecule has 8 nitrogen and oxygen atoms in total. The van der Waals surface area contributed by atoms with Crippen molar-refractivity contribution in [3.8, 4) is 0 Å². The van der Waals surface area contributed by atoms with Gasteiger partial charge in [-0.2, -0.15) is 4.21 Å². The Kier molecular flexibility index (Phi) is 6.15. The standard InChI is InChI=1S/C22H31NO7S/c1-13-4-7-17-21(2,9-8-18-22(17,3)12-29-31(27)30-18)15(13)6-5-14-16(11-28-20(14)26)23-19(25)10-24/h5,15-18,24H,1,4,6-12H2,2-3H3,(H,23,25)/b14-5+/t15-,16?,17+,18?,21+,22+,31?/m1/s1. The zero-order valence-corrected chi connectivity index (χ0v) is 18.9. The van der Waals surface area contributed by atoms with Crippen LogP contribution in [-0.2, 0) is 34.1 Å². The predicted octanol–water partition coefficient (Wildman–Crippen LogP) is 1.72. The smallest absolute Gasteiger partial charge is 0.336 e. The van der Waals surface area contributed by atoms with Crippen LogP contribution in [0.4, 0.5) is 0 Å². The van der Waals surface area contributed by atoms with Gasteiger partial charge in [-0.05, 0) is 49.4 Å². The molecule has 3 unspecified atom stereocenters. The van der Waals surface area contributed by atoms with Crippen LogP contribution in [0.1, 0.15) is 46.0 Å². The number of hydrogen-bond donors (Lipinski definition) is 2. The van der Waals surface area contributed by atoms with Crippen molar-refractivity contribution in [1.82, 2.24) is 5.32 Å². The zero-order valence-electron chi connectivity index (χ0n) is 18.1. The van der Waals surface area contributed by atoms with Crippen LogP contribution in [0.3, 0.4) is 0 Å². The highest BCUT2D eigenvalue weighted by molar-refractivity contribution is 7.75. The highest BCUT2D eigenvalue weighted by atomic mass is 32.2. The molecule has 4 fully saturated rings. The SMILES string of the molecule is C=C1CC[C@H]2[C@@](C)(CCC3OS(=O)OC[C@]32C)[C@@H]1C/C=C1/C(=O)OCC1NC(=O)CO. The van der Waals surface area contributed by atoms with E-state index in [2.05, 4.69) is 25.7 Å². The molecule has 7 atom stereocenters. The number of amides is 1. The van der Waals surface area contributed by atoms with Gasteiger partial charge < -0.3 is 15.2 Å². The number of aliphatic hydroxyl groups is 1. The molecule has 2 aliphatic carbocycles. The Labute approximate surface area is 185 Å². The van der Waals surface area contributed by atoms with Crippen LogP contribution in [0.25, 0.3) is 0 Å². The van der Waals surface area contributed by atoms with Crippen molar-refractivity contribution < 1.29 is 32.0 Å². The Balaban J connectivity index is 1.57. The number of cyclic esters (lactones) is 1. The van der Waals surface area contributed by atoms with E-state index in [4.69, 9.17) is 18.2 Å². The molecule has 0 aromatic rings. The van der Waals surface area contributed by atoms with E-state index in [1.807, 2.05) is 6.08 Å². The molecule has 9 heteroatoms. The molecule has 2 saturated carbocycles. The first-order valence-electron chi connectivity index (χ1n) is 10.9. The van der Waals surface area contributed by atoms with Gasteiger partial charge in [0.25, 0.3) is 0 Å². The third-order valence-electron chi connectivity index (χ3n) is 8.02. The molecule has 4 aliphatic rings. The molecule has 0 spiro atoms. The Bertz CT molecular complexity index is 842. The van der Waals surface area contributed by atoms with Gasteiger partial charge in [0.05, 0.1) is 24.3 Å². The van der Waals surface area contributed by atoms with E-state index in [9.17, 15) is 13.8 Å².